The van der Waals surface area contributed by atoms with Gasteiger partial charge in [0.05, 0.1) is 25.3 Å². The van der Waals surface area contributed by atoms with E-state index in [-0.39, 0.29) is 11.9 Å². The molecule has 7 heteroatoms. The molecule has 1 amide bonds. The summed E-state index contributed by atoms with van der Waals surface area (Å²) in [6.45, 7) is 5.50. The number of nitrogens with one attached hydrogen (secondary N) is 2. The van der Waals surface area contributed by atoms with E-state index in [4.69, 9.17) is 9.47 Å². The summed E-state index contributed by atoms with van der Waals surface area (Å²) in [6, 6.07) is 7.96. The number of hydrogen-bond donors (Lipinski definition) is 2. The summed E-state index contributed by atoms with van der Waals surface area (Å²) in [5, 5.41) is 11.1. The van der Waals surface area contributed by atoms with Crippen LogP contribution in [-0.2, 0) is 9.47 Å². The quantitative estimate of drug-likeness (QED) is 0.847. The second-order valence-corrected chi connectivity index (χ2v) is 6.67. The highest BCUT2D eigenvalue weighted by molar-refractivity contribution is 6.04. The van der Waals surface area contributed by atoms with Crippen LogP contribution < -0.4 is 5.32 Å². The zero-order chi connectivity index (χ0) is 17.1. The van der Waals surface area contributed by atoms with Crippen molar-refractivity contribution in [3.05, 3.63) is 30.0 Å². The van der Waals surface area contributed by atoms with Crippen LogP contribution in [0.25, 0.3) is 10.9 Å². The molecule has 1 aromatic heterocycles. The van der Waals surface area contributed by atoms with Crippen molar-refractivity contribution in [3.8, 4) is 0 Å². The molecule has 0 bridgehead atoms. The van der Waals surface area contributed by atoms with E-state index in [0.717, 1.165) is 56.8 Å². The van der Waals surface area contributed by atoms with Crippen molar-refractivity contribution in [2.75, 3.05) is 46.1 Å². The van der Waals surface area contributed by atoms with Crippen molar-refractivity contribution in [1.82, 2.24) is 20.4 Å². The Hall–Kier alpha value is -1.96. The fourth-order valence-corrected chi connectivity index (χ4v) is 3.78. The monoisotopic (exact) mass is 344 g/mol. The predicted molar refractivity (Wildman–Crippen MR) is 93.5 cm³/mol. The largest absolute Gasteiger partial charge is 0.381 e. The van der Waals surface area contributed by atoms with E-state index in [1.165, 1.54) is 0 Å². The fraction of sp³-hybridized carbons (Fsp3) is 0.556. The summed E-state index contributed by atoms with van der Waals surface area (Å²) in [6.07, 6.45) is 1.04. The van der Waals surface area contributed by atoms with E-state index >= 15 is 0 Å². The number of carbonyl (C=O) groups is 1. The van der Waals surface area contributed by atoms with Gasteiger partial charge in [0.15, 0.2) is 5.69 Å². The number of ether oxygens (including phenoxy) is 2. The third-order valence-electron chi connectivity index (χ3n) is 5.18. The Bertz CT molecular complexity index is 720. The summed E-state index contributed by atoms with van der Waals surface area (Å²) in [5.74, 6) is 0.323. The van der Waals surface area contributed by atoms with E-state index in [1.807, 2.05) is 24.3 Å². The lowest BCUT2D eigenvalue weighted by Crippen LogP contribution is -2.52. The molecule has 4 rings (SSSR count). The first kappa shape index (κ1) is 16.5. The van der Waals surface area contributed by atoms with Gasteiger partial charge < -0.3 is 14.8 Å². The summed E-state index contributed by atoms with van der Waals surface area (Å²) < 4.78 is 11.0. The van der Waals surface area contributed by atoms with Crippen LogP contribution in [0.4, 0.5) is 0 Å². The molecule has 134 valence electrons. The van der Waals surface area contributed by atoms with Crippen molar-refractivity contribution in [2.24, 2.45) is 5.92 Å². The average Bonchev–Trinajstić information content (AvgIpc) is 3.32. The van der Waals surface area contributed by atoms with Crippen LogP contribution in [0.15, 0.2) is 24.3 Å². The van der Waals surface area contributed by atoms with E-state index in [9.17, 15) is 4.79 Å². The molecule has 2 atom stereocenters. The van der Waals surface area contributed by atoms with Crippen molar-refractivity contribution >= 4 is 16.8 Å². The molecule has 2 unspecified atom stereocenters. The molecule has 2 saturated heterocycles. The number of hydrogen-bond acceptors (Lipinski definition) is 5. The molecule has 25 heavy (non-hydrogen) atoms. The Labute approximate surface area is 146 Å². The zero-order valence-corrected chi connectivity index (χ0v) is 14.2. The number of benzene rings is 1. The molecule has 2 aromatic rings. The Morgan fingerprint density at radius 1 is 1.28 bits per heavy atom. The molecular weight excluding hydrogens is 320 g/mol. The van der Waals surface area contributed by atoms with Gasteiger partial charge in [-0.1, -0.05) is 18.2 Å². The molecule has 1 aromatic carbocycles. The van der Waals surface area contributed by atoms with Crippen LogP contribution in [0.2, 0.25) is 0 Å². The topological polar surface area (TPSA) is 79.5 Å². The third kappa shape index (κ3) is 3.53. The maximum atomic E-state index is 12.7. The van der Waals surface area contributed by atoms with Gasteiger partial charge in [0, 0.05) is 43.6 Å². The molecule has 2 fully saturated rings. The minimum atomic E-state index is -0.130. The van der Waals surface area contributed by atoms with Gasteiger partial charge in [-0.3, -0.25) is 14.8 Å². The number of aromatic amines is 1. The van der Waals surface area contributed by atoms with Gasteiger partial charge in [-0.25, -0.2) is 0 Å². The van der Waals surface area contributed by atoms with Crippen molar-refractivity contribution in [3.63, 3.8) is 0 Å². The second-order valence-electron chi connectivity index (χ2n) is 6.67. The Balaban J connectivity index is 1.45. The highest BCUT2D eigenvalue weighted by Gasteiger charge is 2.32. The van der Waals surface area contributed by atoms with Crippen LogP contribution in [-0.4, -0.2) is 73.1 Å². The van der Waals surface area contributed by atoms with Crippen LogP contribution in [0.1, 0.15) is 16.9 Å². The molecule has 3 heterocycles. The number of fused-ring (bicyclic) bond motifs is 1. The van der Waals surface area contributed by atoms with Gasteiger partial charge in [0.2, 0.25) is 0 Å². The molecule has 0 spiro atoms. The molecule has 2 N–H and O–H groups in total. The lowest BCUT2D eigenvalue weighted by atomic mass is 9.96. The number of morpholine rings is 1. The van der Waals surface area contributed by atoms with Gasteiger partial charge in [0.1, 0.15) is 0 Å². The number of H-pyrrole nitrogens is 1. The normalized spacial score (nSPS) is 23.0. The number of rotatable bonds is 5. The van der Waals surface area contributed by atoms with E-state index in [2.05, 4.69) is 20.4 Å². The number of para-hydroxylation sites is 1. The molecule has 2 aliphatic heterocycles. The minimum Gasteiger partial charge on any atom is -0.381 e. The number of nitrogens with zero attached hydrogens (tertiary/aromatic N) is 2. The maximum Gasteiger partial charge on any atom is 0.272 e. The lowest BCUT2D eigenvalue weighted by Gasteiger charge is -2.37. The second kappa shape index (κ2) is 7.51. The van der Waals surface area contributed by atoms with Gasteiger partial charge >= 0.3 is 0 Å². The lowest BCUT2D eigenvalue weighted by molar-refractivity contribution is 0.00165. The fourth-order valence-electron chi connectivity index (χ4n) is 3.78. The number of amides is 1. The Kier molecular flexibility index (Phi) is 4.96. The third-order valence-corrected chi connectivity index (χ3v) is 5.18. The first-order valence-electron chi connectivity index (χ1n) is 8.94. The molecule has 7 nitrogen and oxygen atoms in total. The summed E-state index contributed by atoms with van der Waals surface area (Å²) in [7, 11) is 0. The summed E-state index contributed by atoms with van der Waals surface area (Å²) in [5.41, 5.74) is 1.33. The Morgan fingerprint density at radius 3 is 2.92 bits per heavy atom. The van der Waals surface area contributed by atoms with Crippen LogP contribution >= 0.6 is 0 Å². The first-order chi connectivity index (χ1) is 12.3. The summed E-state index contributed by atoms with van der Waals surface area (Å²) >= 11 is 0. The van der Waals surface area contributed by atoms with E-state index < -0.39 is 0 Å². The Morgan fingerprint density at radius 2 is 2.12 bits per heavy atom. The highest BCUT2D eigenvalue weighted by atomic mass is 16.5. The molecule has 0 radical (unpaired) electrons. The van der Waals surface area contributed by atoms with Crippen molar-refractivity contribution in [2.45, 2.75) is 12.5 Å². The minimum absolute atomic E-state index is 0.130. The van der Waals surface area contributed by atoms with Crippen LogP contribution in [0.5, 0.6) is 0 Å². The van der Waals surface area contributed by atoms with Crippen LogP contribution in [0, 0.1) is 5.92 Å². The van der Waals surface area contributed by atoms with Crippen LogP contribution in [0.3, 0.4) is 0 Å². The van der Waals surface area contributed by atoms with Gasteiger partial charge in [-0.05, 0) is 12.5 Å². The molecule has 0 aliphatic carbocycles. The first-order valence-corrected chi connectivity index (χ1v) is 8.94. The zero-order valence-electron chi connectivity index (χ0n) is 14.2. The maximum absolute atomic E-state index is 12.7. The SMILES string of the molecule is O=C(NCC(C1CCOC1)N1CCOCC1)c1n[nH]c2ccccc12. The number of carbonyl (C=O) groups excluding carboxylic acids is 1. The smallest absolute Gasteiger partial charge is 0.272 e. The average molecular weight is 344 g/mol. The van der Waals surface area contributed by atoms with E-state index in [0.29, 0.717) is 18.2 Å². The summed E-state index contributed by atoms with van der Waals surface area (Å²) in [4.78, 5) is 15.1. The van der Waals surface area contributed by atoms with Crippen molar-refractivity contribution in [1.29, 1.82) is 0 Å². The van der Waals surface area contributed by atoms with Gasteiger partial charge in [0.25, 0.3) is 5.91 Å². The standard InChI is InChI=1S/C18H24N4O3/c23-18(17-14-3-1-2-4-15(14)20-21-17)19-11-16(13-5-8-25-12-13)22-6-9-24-10-7-22/h1-4,13,16H,5-12H2,(H,19,23)(H,20,21). The molecule has 2 aliphatic rings. The highest BCUT2D eigenvalue weighted by Crippen LogP contribution is 2.22. The van der Waals surface area contributed by atoms with Crippen molar-refractivity contribution < 1.29 is 14.3 Å². The van der Waals surface area contributed by atoms with Gasteiger partial charge in [-0.2, -0.15) is 5.10 Å². The van der Waals surface area contributed by atoms with E-state index in [1.54, 1.807) is 0 Å². The molecule has 0 saturated carbocycles. The van der Waals surface area contributed by atoms with Gasteiger partial charge in [-0.15, -0.1) is 0 Å². The number of aromatic nitrogens is 2. The molecular formula is C18H24N4O3. The predicted octanol–water partition coefficient (Wildman–Crippen LogP) is 1.03.